The van der Waals surface area contributed by atoms with E-state index in [1.807, 2.05) is 30.3 Å². The highest BCUT2D eigenvalue weighted by molar-refractivity contribution is 6.40. The minimum absolute atomic E-state index is 0.246. The lowest BCUT2D eigenvalue weighted by atomic mass is 10.2. The first-order valence-electron chi connectivity index (χ1n) is 6.26. The summed E-state index contributed by atoms with van der Waals surface area (Å²) < 4.78 is 0. The number of benzene rings is 2. The Bertz CT molecular complexity index is 813. The van der Waals surface area contributed by atoms with Crippen molar-refractivity contribution in [2.45, 2.75) is 0 Å². The normalized spacial score (nSPS) is 10.6. The second-order valence-corrected chi connectivity index (χ2v) is 5.25. The lowest BCUT2D eigenvalue weighted by Crippen LogP contribution is -2.14. The third-order valence-corrected chi connectivity index (χ3v) is 3.66. The minimum atomic E-state index is -0.381. The average molecular weight is 317 g/mol. The van der Waals surface area contributed by atoms with Crippen LogP contribution in [0.4, 0.5) is 5.82 Å². The molecule has 0 aliphatic heterocycles. The zero-order valence-electron chi connectivity index (χ0n) is 10.8. The number of hydrogen-bond acceptors (Lipinski definition) is 2. The number of halogens is 2. The van der Waals surface area contributed by atoms with Gasteiger partial charge in [0.05, 0.1) is 21.1 Å². The monoisotopic (exact) mass is 316 g/mol. The van der Waals surface area contributed by atoms with E-state index in [1.54, 1.807) is 24.3 Å². The van der Waals surface area contributed by atoms with Crippen molar-refractivity contribution in [3.05, 3.63) is 70.2 Å². The number of hydrogen-bond donors (Lipinski definition) is 1. The Morgan fingerprint density at radius 1 is 0.905 bits per heavy atom. The van der Waals surface area contributed by atoms with Gasteiger partial charge in [-0.1, -0.05) is 47.5 Å². The van der Waals surface area contributed by atoms with E-state index in [1.165, 1.54) is 0 Å². The maximum absolute atomic E-state index is 12.3. The van der Waals surface area contributed by atoms with Crippen LogP contribution in [0.5, 0.6) is 0 Å². The van der Waals surface area contributed by atoms with Gasteiger partial charge in [0, 0.05) is 5.39 Å². The van der Waals surface area contributed by atoms with Crippen LogP contribution in [0.15, 0.2) is 54.6 Å². The van der Waals surface area contributed by atoms with Gasteiger partial charge >= 0.3 is 0 Å². The second-order valence-electron chi connectivity index (χ2n) is 4.44. The van der Waals surface area contributed by atoms with Gasteiger partial charge in [-0.2, -0.15) is 0 Å². The third-order valence-electron chi connectivity index (χ3n) is 3.03. The molecule has 0 unspecified atom stereocenters. The Morgan fingerprint density at radius 3 is 2.38 bits per heavy atom. The molecule has 104 valence electrons. The Hall–Kier alpha value is -2.10. The highest BCUT2D eigenvalue weighted by atomic mass is 35.5. The summed E-state index contributed by atoms with van der Waals surface area (Å²) in [4.78, 5) is 16.7. The minimum Gasteiger partial charge on any atom is -0.306 e. The van der Waals surface area contributed by atoms with Crippen molar-refractivity contribution >= 4 is 45.8 Å². The number of fused-ring (bicyclic) bond motifs is 1. The predicted molar refractivity (Wildman–Crippen MR) is 86.2 cm³/mol. The largest absolute Gasteiger partial charge is 0.306 e. The van der Waals surface area contributed by atoms with Crippen LogP contribution in [-0.4, -0.2) is 10.9 Å². The van der Waals surface area contributed by atoms with Crippen LogP contribution in [0.1, 0.15) is 10.4 Å². The van der Waals surface area contributed by atoms with E-state index in [0.29, 0.717) is 15.9 Å². The molecule has 2 aromatic carbocycles. The van der Waals surface area contributed by atoms with Gasteiger partial charge < -0.3 is 5.32 Å². The summed E-state index contributed by atoms with van der Waals surface area (Å²) in [7, 11) is 0. The molecule has 0 spiro atoms. The molecule has 0 radical (unpaired) electrons. The van der Waals surface area contributed by atoms with Gasteiger partial charge in [0.1, 0.15) is 5.82 Å². The summed E-state index contributed by atoms with van der Waals surface area (Å²) in [5, 5.41) is 4.33. The van der Waals surface area contributed by atoms with Crippen molar-refractivity contribution in [2.24, 2.45) is 0 Å². The van der Waals surface area contributed by atoms with E-state index < -0.39 is 0 Å². The summed E-state index contributed by atoms with van der Waals surface area (Å²) >= 11 is 12.0. The molecular weight excluding hydrogens is 307 g/mol. The molecule has 0 bridgehead atoms. The van der Waals surface area contributed by atoms with Gasteiger partial charge in [-0.3, -0.25) is 4.79 Å². The maximum Gasteiger partial charge on any atom is 0.259 e. The van der Waals surface area contributed by atoms with Crippen molar-refractivity contribution in [1.29, 1.82) is 0 Å². The predicted octanol–water partition coefficient (Wildman–Crippen LogP) is 4.79. The summed E-state index contributed by atoms with van der Waals surface area (Å²) in [6.45, 7) is 0. The summed E-state index contributed by atoms with van der Waals surface area (Å²) in [5.74, 6) is 0.0723. The fourth-order valence-electron chi connectivity index (χ4n) is 2.03. The molecule has 5 heteroatoms. The van der Waals surface area contributed by atoms with E-state index in [2.05, 4.69) is 10.3 Å². The number of nitrogens with zero attached hydrogens (tertiary/aromatic N) is 1. The van der Waals surface area contributed by atoms with Crippen molar-refractivity contribution in [1.82, 2.24) is 4.98 Å². The number of rotatable bonds is 2. The summed E-state index contributed by atoms with van der Waals surface area (Å²) in [6.07, 6.45) is 0. The zero-order valence-corrected chi connectivity index (χ0v) is 12.3. The SMILES string of the molecule is O=C(Nc1ccc2ccccc2n1)c1c(Cl)cccc1Cl. The molecule has 0 aliphatic carbocycles. The third kappa shape index (κ3) is 2.84. The number of pyridine rings is 1. The summed E-state index contributed by atoms with van der Waals surface area (Å²) in [5.41, 5.74) is 1.05. The number of amides is 1. The van der Waals surface area contributed by atoms with Gasteiger partial charge in [-0.25, -0.2) is 4.98 Å². The number of para-hydroxylation sites is 1. The van der Waals surface area contributed by atoms with E-state index in [-0.39, 0.29) is 11.5 Å². The molecular formula is C16H10Cl2N2O. The molecule has 0 saturated heterocycles. The van der Waals surface area contributed by atoms with Crippen LogP contribution >= 0.6 is 23.2 Å². The Balaban J connectivity index is 1.93. The number of anilines is 1. The van der Waals surface area contributed by atoms with E-state index in [4.69, 9.17) is 23.2 Å². The van der Waals surface area contributed by atoms with Crippen LogP contribution in [0, 0.1) is 0 Å². The van der Waals surface area contributed by atoms with Gasteiger partial charge in [0.15, 0.2) is 0 Å². The highest BCUT2D eigenvalue weighted by Gasteiger charge is 2.15. The maximum atomic E-state index is 12.3. The zero-order chi connectivity index (χ0) is 14.8. The second kappa shape index (κ2) is 5.72. The van der Waals surface area contributed by atoms with Gasteiger partial charge in [-0.15, -0.1) is 0 Å². The van der Waals surface area contributed by atoms with Gasteiger partial charge in [0.25, 0.3) is 5.91 Å². The Kier molecular flexibility index (Phi) is 3.78. The smallest absolute Gasteiger partial charge is 0.259 e. The molecule has 0 aliphatic rings. The standard InChI is InChI=1S/C16H10Cl2N2O/c17-11-5-3-6-12(18)15(11)16(21)20-14-9-8-10-4-1-2-7-13(10)19-14/h1-9H,(H,19,20,21). The first kappa shape index (κ1) is 13.9. The molecule has 0 atom stereocenters. The first-order chi connectivity index (χ1) is 10.1. The first-order valence-corrected chi connectivity index (χ1v) is 7.02. The quantitative estimate of drug-likeness (QED) is 0.738. The van der Waals surface area contributed by atoms with Crippen LogP contribution in [0.3, 0.4) is 0 Å². The van der Waals surface area contributed by atoms with Crippen molar-refractivity contribution in [3.8, 4) is 0 Å². The van der Waals surface area contributed by atoms with Crippen LogP contribution in [0.25, 0.3) is 10.9 Å². The lowest BCUT2D eigenvalue weighted by molar-refractivity contribution is 0.102. The number of nitrogens with one attached hydrogen (secondary N) is 1. The topological polar surface area (TPSA) is 42.0 Å². The average Bonchev–Trinajstić information content (AvgIpc) is 2.47. The molecule has 3 nitrogen and oxygen atoms in total. The number of carbonyl (C=O) groups is 1. The highest BCUT2D eigenvalue weighted by Crippen LogP contribution is 2.25. The molecule has 3 aromatic rings. The number of aromatic nitrogens is 1. The van der Waals surface area contributed by atoms with Gasteiger partial charge in [-0.05, 0) is 30.3 Å². The molecule has 3 rings (SSSR count). The van der Waals surface area contributed by atoms with E-state index in [0.717, 1.165) is 10.9 Å². The van der Waals surface area contributed by atoms with Crippen LogP contribution in [0.2, 0.25) is 10.0 Å². The van der Waals surface area contributed by atoms with E-state index in [9.17, 15) is 4.79 Å². The molecule has 0 saturated carbocycles. The van der Waals surface area contributed by atoms with Gasteiger partial charge in [0.2, 0.25) is 0 Å². The summed E-state index contributed by atoms with van der Waals surface area (Å²) in [6, 6.07) is 16.2. The Morgan fingerprint density at radius 2 is 1.62 bits per heavy atom. The van der Waals surface area contributed by atoms with Crippen molar-refractivity contribution in [3.63, 3.8) is 0 Å². The van der Waals surface area contributed by atoms with Crippen molar-refractivity contribution < 1.29 is 4.79 Å². The molecule has 1 amide bonds. The fraction of sp³-hybridized carbons (Fsp3) is 0. The molecule has 21 heavy (non-hydrogen) atoms. The fourth-order valence-corrected chi connectivity index (χ4v) is 2.60. The Labute approximate surface area is 131 Å². The molecule has 1 aromatic heterocycles. The molecule has 1 N–H and O–H groups in total. The molecule has 0 fully saturated rings. The van der Waals surface area contributed by atoms with Crippen LogP contribution in [-0.2, 0) is 0 Å². The van der Waals surface area contributed by atoms with Crippen molar-refractivity contribution in [2.75, 3.05) is 5.32 Å². The number of carbonyl (C=O) groups excluding carboxylic acids is 1. The lowest BCUT2D eigenvalue weighted by Gasteiger charge is -2.08. The molecule has 1 heterocycles. The van der Waals surface area contributed by atoms with Crippen LogP contribution < -0.4 is 5.32 Å². The van der Waals surface area contributed by atoms with E-state index >= 15 is 0 Å².